The van der Waals surface area contributed by atoms with Gasteiger partial charge in [-0.2, -0.15) is 0 Å². The Morgan fingerprint density at radius 2 is 2.11 bits per heavy atom. The second kappa shape index (κ2) is 15.5. The molecule has 0 amide bonds. The molecule has 0 saturated carbocycles. The molecule has 1 fully saturated rings. The zero-order chi connectivity index (χ0) is 18.5. The number of nitrogens with zero attached hydrogens (tertiary/aromatic N) is 2. The SMILES string of the molecule is CCNC(=NCC(c1cccs1)N1CCOCC1)NCCCCOCC.I. The summed E-state index contributed by atoms with van der Waals surface area (Å²) < 4.78 is 10.9. The van der Waals surface area contributed by atoms with Gasteiger partial charge in [0.05, 0.1) is 25.8 Å². The summed E-state index contributed by atoms with van der Waals surface area (Å²) in [6.45, 7) is 11.9. The predicted molar refractivity (Wildman–Crippen MR) is 125 cm³/mol. The van der Waals surface area contributed by atoms with Crippen molar-refractivity contribution in [3.63, 3.8) is 0 Å². The summed E-state index contributed by atoms with van der Waals surface area (Å²) in [6.07, 6.45) is 2.16. The van der Waals surface area contributed by atoms with Crippen molar-refractivity contribution in [1.29, 1.82) is 0 Å². The fourth-order valence-corrected chi connectivity index (χ4v) is 3.81. The van der Waals surface area contributed by atoms with Gasteiger partial charge in [-0.25, -0.2) is 0 Å². The number of hydrogen-bond acceptors (Lipinski definition) is 5. The van der Waals surface area contributed by atoms with E-state index in [1.165, 1.54) is 4.88 Å². The molecule has 1 saturated heterocycles. The Kier molecular flexibility index (Phi) is 14.1. The highest BCUT2D eigenvalue weighted by molar-refractivity contribution is 14.0. The quantitative estimate of drug-likeness (QED) is 0.208. The van der Waals surface area contributed by atoms with E-state index in [4.69, 9.17) is 14.5 Å². The van der Waals surface area contributed by atoms with Crippen molar-refractivity contribution in [3.05, 3.63) is 22.4 Å². The molecule has 1 aliphatic rings. The number of guanidine groups is 1. The minimum Gasteiger partial charge on any atom is -0.382 e. The first-order valence-electron chi connectivity index (χ1n) is 9.80. The highest BCUT2D eigenvalue weighted by Gasteiger charge is 2.23. The number of ether oxygens (including phenoxy) is 2. The Morgan fingerprint density at radius 3 is 2.78 bits per heavy atom. The molecule has 8 heteroatoms. The fourth-order valence-electron chi connectivity index (χ4n) is 2.96. The zero-order valence-electron chi connectivity index (χ0n) is 16.6. The molecule has 2 heterocycles. The summed E-state index contributed by atoms with van der Waals surface area (Å²) in [5.41, 5.74) is 0. The van der Waals surface area contributed by atoms with Crippen molar-refractivity contribution in [1.82, 2.24) is 15.5 Å². The van der Waals surface area contributed by atoms with Crippen LogP contribution in [0.3, 0.4) is 0 Å². The van der Waals surface area contributed by atoms with Crippen LogP contribution in [-0.2, 0) is 9.47 Å². The van der Waals surface area contributed by atoms with E-state index in [-0.39, 0.29) is 24.0 Å². The van der Waals surface area contributed by atoms with E-state index in [1.807, 2.05) is 18.3 Å². The molecule has 1 aromatic rings. The van der Waals surface area contributed by atoms with Crippen LogP contribution in [0.4, 0.5) is 0 Å². The number of hydrogen-bond donors (Lipinski definition) is 2. The van der Waals surface area contributed by atoms with E-state index in [0.717, 1.165) is 78.0 Å². The molecule has 1 atom stereocenters. The molecule has 27 heavy (non-hydrogen) atoms. The van der Waals surface area contributed by atoms with Crippen LogP contribution >= 0.6 is 35.3 Å². The summed E-state index contributed by atoms with van der Waals surface area (Å²) in [7, 11) is 0. The van der Waals surface area contributed by atoms with Crippen molar-refractivity contribution in [2.24, 2.45) is 4.99 Å². The summed E-state index contributed by atoms with van der Waals surface area (Å²) in [6, 6.07) is 4.67. The molecule has 156 valence electrons. The molecular formula is C19H35IN4O2S. The molecule has 1 aliphatic heterocycles. The average molecular weight is 510 g/mol. The highest BCUT2D eigenvalue weighted by Crippen LogP contribution is 2.26. The summed E-state index contributed by atoms with van der Waals surface area (Å²) in [5, 5.41) is 8.95. The van der Waals surface area contributed by atoms with Crippen LogP contribution in [0.15, 0.2) is 22.5 Å². The molecule has 0 radical (unpaired) electrons. The fraction of sp³-hybridized carbons (Fsp3) is 0.737. The molecular weight excluding hydrogens is 475 g/mol. The number of unbranched alkanes of at least 4 members (excludes halogenated alkanes) is 1. The highest BCUT2D eigenvalue weighted by atomic mass is 127. The lowest BCUT2D eigenvalue weighted by atomic mass is 10.2. The number of nitrogens with one attached hydrogen (secondary N) is 2. The maximum Gasteiger partial charge on any atom is 0.191 e. The van der Waals surface area contributed by atoms with E-state index in [0.29, 0.717) is 6.04 Å². The second-order valence-electron chi connectivity index (χ2n) is 6.23. The van der Waals surface area contributed by atoms with Gasteiger partial charge in [0.1, 0.15) is 0 Å². The average Bonchev–Trinajstić information content (AvgIpc) is 3.20. The molecule has 1 unspecified atom stereocenters. The van der Waals surface area contributed by atoms with Crippen molar-refractivity contribution in [2.45, 2.75) is 32.7 Å². The van der Waals surface area contributed by atoms with E-state index in [9.17, 15) is 0 Å². The van der Waals surface area contributed by atoms with Gasteiger partial charge in [0.25, 0.3) is 0 Å². The van der Waals surface area contributed by atoms with Crippen molar-refractivity contribution >= 4 is 41.3 Å². The van der Waals surface area contributed by atoms with Crippen LogP contribution < -0.4 is 10.6 Å². The van der Waals surface area contributed by atoms with Crippen LogP contribution in [0, 0.1) is 0 Å². The predicted octanol–water partition coefficient (Wildman–Crippen LogP) is 3.11. The standard InChI is InChI=1S/C19H34N4O2S.HI/c1-3-20-19(21-9-5-6-12-24-4-2)22-16-17(18-8-7-15-26-18)23-10-13-25-14-11-23;/h7-8,15,17H,3-6,9-14,16H2,1-2H3,(H2,20,21,22);1H. The van der Waals surface area contributed by atoms with Crippen LogP contribution in [0.25, 0.3) is 0 Å². The summed E-state index contributed by atoms with van der Waals surface area (Å²) in [4.78, 5) is 8.73. The molecule has 0 spiro atoms. The van der Waals surface area contributed by atoms with Gasteiger partial charge in [0.2, 0.25) is 0 Å². The summed E-state index contributed by atoms with van der Waals surface area (Å²) >= 11 is 1.81. The van der Waals surface area contributed by atoms with Gasteiger partial charge in [-0.3, -0.25) is 9.89 Å². The lowest BCUT2D eigenvalue weighted by molar-refractivity contribution is 0.0186. The molecule has 0 bridgehead atoms. The van der Waals surface area contributed by atoms with Crippen LogP contribution in [0.2, 0.25) is 0 Å². The van der Waals surface area contributed by atoms with E-state index in [2.05, 4.69) is 40.0 Å². The third-order valence-electron chi connectivity index (χ3n) is 4.34. The Balaban J connectivity index is 0.00000364. The first kappa shape index (κ1) is 24.6. The molecule has 6 nitrogen and oxygen atoms in total. The van der Waals surface area contributed by atoms with Gasteiger partial charge in [-0.15, -0.1) is 35.3 Å². The largest absolute Gasteiger partial charge is 0.382 e. The Labute approximate surface area is 185 Å². The minimum absolute atomic E-state index is 0. The van der Waals surface area contributed by atoms with Gasteiger partial charge in [0.15, 0.2) is 5.96 Å². The molecule has 0 aliphatic carbocycles. The zero-order valence-corrected chi connectivity index (χ0v) is 19.8. The van der Waals surface area contributed by atoms with E-state index < -0.39 is 0 Å². The lowest BCUT2D eigenvalue weighted by Crippen LogP contribution is -2.41. The maximum atomic E-state index is 5.52. The van der Waals surface area contributed by atoms with E-state index >= 15 is 0 Å². The number of aliphatic imine (C=N–C) groups is 1. The van der Waals surface area contributed by atoms with Gasteiger partial charge in [-0.1, -0.05) is 6.07 Å². The number of rotatable bonds is 11. The second-order valence-corrected chi connectivity index (χ2v) is 7.21. The van der Waals surface area contributed by atoms with Crippen molar-refractivity contribution in [2.75, 3.05) is 59.2 Å². The first-order valence-corrected chi connectivity index (χ1v) is 10.7. The number of morpholine rings is 1. The molecule has 2 N–H and O–H groups in total. The Morgan fingerprint density at radius 1 is 1.30 bits per heavy atom. The van der Waals surface area contributed by atoms with Crippen LogP contribution in [0.5, 0.6) is 0 Å². The topological polar surface area (TPSA) is 58.1 Å². The van der Waals surface area contributed by atoms with Gasteiger partial charge >= 0.3 is 0 Å². The molecule has 2 rings (SSSR count). The van der Waals surface area contributed by atoms with Gasteiger partial charge in [0, 0.05) is 44.3 Å². The molecule has 0 aromatic carbocycles. The Bertz CT molecular complexity index is 496. The van der Waals surface area contributed by atoms with Gasteiger partial charge in [-0.05, 0) is 38.1 Å². The molecule has 1 aromatic heterocycles. The van der Waals surface area contributed by atoms with Crippen LogP contribution in [-0.4, -0.2) is 70.0 Å². The third-order valence-corrected chi connectivity index (χ3v) is 5.31. The smallest absolute Gasteiger partial charge is 0.191 e. The normalized spacial score (nSPS) is 16.6. The Hall–Kier alpha value is -0.420. The monoisotopic (exact) mass is 510 g/mol. The van der Waals surface area contributed by atoms with E-state index in [1.54, 1.807) is 0 Å². The lowest BCUT2D eigenvalue weighted by Gasteiger charge is -2.33. The number of halogens is 1. The van der Waals surface area contributed by atoms with Crippen molar-refractivity contribution < 1.29 is 9.47 Å². The summed E-state index contributed by atoms with van der Waals surface area (Å²) in [5.74, 6) is 0.902. The first-order chi connectivity index (χ1) is 12.8. The van der Waals surface area contributed by atoms with Crippen LogP contribution in [0.1, 0.15) is 37.6 Å². The third kappa shape index (κ3) is 9.56. The van der Waals surface area contributed by atoms with Crippen molar-refractivity contribution in [3.8, 4) is 0 Å². The maximum absolute atomic E-state index is 5.52. The minimum atomic E-state index is 0. The number of thiophene rings is 1. The van der Waals surface area contributed by atoms with Gasteiger partial charge < -0.3 is 20.1 Å².